The molecule has 0 saturated heterocycles. The number of benzene rings is 2. The summed E-state index contributed by atoms with van der Waals surface area (Å²) in [5.41, 5.74) is 11.4. The summed E-state index contributed by atoms with van der Waals surface area (Å²) in [6.45, 7) is 7.00. The fourth-order valence-electron chi connectivity index (χ4n) is 2.78. The van der Waals surface area contributed by atoms with Crippen molar-refractivity contribution in [3.05, 3.63) is 66.0 Å². The number of rotatable bonds is 5. The van der Waals surface area contributed by atoms with Gasteiger partial charge in [0, 0.05) is 17.9 Å². The van der Waals surface area contributed by atoms with Crippen LogP contribution in [0.3, 0.4) is 0 Å². The predicted octanol–water partition coefficient (Wildman–Crippen LogP) is 4.58. The molecule has 128 valence electrons. The summed E-state index contributed by atoms with van der Waals surface area (Å²) in [5.74, 6) is 1.32. The van der Waals surface area contributed by atoms with Crippen LogP contribution in [0.4, 0.5) is 28.7 Å². The van der Waals surface area contributed by atoms with Crippen molar-refractivity contribution in [1.82, 2.24) is 9.97 Å². The average molecular weight is 333 g/mol. The zero-order valence-corrected chi connectivity index (χ0v) is 14.8. The van der Waals surface area contributed by atoms with E-state index in [9.17, 15) is 0 Å². The molecule has 0 unspecified atom stereocenters. The highest BCUT2D eigenvalue weighted by molar-refractivity contribution is 5.82. The van der Waals surface area contributed by atoms with Crippen LogP contribution in [0.25, 0.3) is 0 Å². The lowest BCUT2D eigenvalue weighted by Gasteiger charge is -2.24. The lowest BCUT2D eigenvalue weighted by molar-refractivity contribution is 0.980. The number of nitrogens with zero attached hydrogens (tertiary/aromatic N) is 3. The first-order valence-electron chi connectivity index (χ1n) is 8.38. The van der Waals surface area contributed by atoms with Gasteiger partial charge in [-0.1, -0.05) is 30.3 Å². The Kier molecular flexibility index (Phi) is 4.84. The Hall–Kier alpha value is -3.08. The highest BCUT2D eigenvalue weighted by atomic mass is 15.2. The van der Waals surface area contributed by atoms with Crippen LogP contribution >= 0.6 is 0 Å². The molecule has 25 heavy (non-hydrogen) atoms. The third-order valence-corrected chi connectivity index (χ3v) is 4.36. The van der Waals surface area contributed by atoms with E-state index in [4.69, 9.17) is 5.73 Å². The first-order chi connectivity index (χ1) is 12.1. The van der Waals surface area contributed by atoms with Gasteiger partial charge in [-0.25, -0.2) is 9.97 Å². The number of aromatic nitrogens is 2. The minimum Gasteiger partial charge on any atom is -0.393 e. The van der Waals surface area contributed by atoms with E-state index < -0.39 is 0 Å². The second-order valence-corrected chi connectivity index (χ2v) is 5.91. The van der Waals surface area contributed by atoms with Crippen molar-refractivity contribution in [3.8, 4) is 0 Å². The second kappa shape index (κ2) is 7.21. The van der Waals surface area contributed by atoms with E-state index >= 15 is 0 Å². The smallest absolute Gasteiger partial charge is 0.161 e. The van der Waals surface area contributed by atoms with Gasteiger partial charge in [-0.15, -0.1) is 0 Å². The molecule has 0 aliphatic rings. The van der Waals surface area contributed by atoms with Crippen molar-refractivity contribution in [1.29, 1.82) is 0 Å². The van der Waals surface area contributed by atoms with Crippen molar-refractivity contribution in [3.63, 3.8) is 0 Å². The van der Waals surface area contributed by atoms with E-state index in [1.807, 2.05) is 42.5 Å². The molecule has 3 N–H and O–H groups in total. The number of anilines is 5. The van der Waals surface area contributed by atoms with Crippen LogP contribution in [-0.4, -0.2) is 16.5 Å². The Morgan fingerprint density at radius 2 is 1.76 bits per heavy atom. The topological polar surface area (TPSA) is 67.1 Å². The molecule has 0 fully saturated rings. The molecular weight excluding hydrogens is 310 g/mol. The maximum Gasteiger partial charge on any atom is 0.161 e. The van der Waals surface area contributed by atoms with Gasteiger partial charge < -0.3 is 16.0 Å². The standard InChI is InChI=1S/C20H23N5/c1-4-25(16-10-6-5-7-11-16)20-18(21)19(22-13-23-20)24-17-12-8-9-14(2)15(17)3/h5-13H,4,21H2,1-3H3,(H,22,23,24). The molecule has 1 aromatic heterocycles. The molecule has 2 aromatic carbocycles. The summed E-state index contributed by atoms with van der Waals surface area (Å²) >= 11 is 0. The number of para-hydroxylation sites is 1. The first kappa shape index (κ1) is 16.8. The average Bonchev–Trinajstić information content (AvgIpc) is 2.63. The second-order valence-electron chi connectivity index (χ2n) is 5.91. The molecule has 3 aromatic rings. The van der Waals surface area contributed by atoms with Crippen molar-refractivity contribution in [2.45, 2.75) is 20.8 Å². The first-order valence-corrected chi connectivity index (χ1v) is 8.38. The Labute approximate surface area is 148 Å². The number of hydrogen-bond donors (Lipinski definition) is 2. The van der Waals surface area contributed by atoms with Crippen molar-refractivity contribution in [2.75, 3.05) is 22.5 Å². The molecule has 5 nitrogen and oxygen atoms in total. The molecule has 0 amide bonds. The SMILES string of the molecule is CCN(c1ccccc1)c1ncnc(Nc2cccc(C)c2C)c1N. The predicted molar refractivity (Wildman–Crippen MR) is 105 cm³/mol. The number of nitrogens with two attached hydrogens (primary N) is 1. The van der Waals surface area contributed by atoms with Gasteiger partial charge >= 0.3 is 0 Å². The van der Waals surface area contributed by atoms with Crippen molar-refractivity contribution < 1.29 is 0 Å². The van der Waals surface area contributed by atoms with Crippen LogP contribution in [0.1, 0.15) is 18.1 Å². The van der Waals surface area contributed by atoms with Gasteiger partial charge in [0.15, 0.2) is 11.6 Å². The van der Waals surface area contributed by atoms with Gasteiger partial charge in [0.1, 0.15) is 12.0 Å². The minimum atomic E-state index is 0.536. The summed E-state index contributed by atoms with van der Waals surface area (Å²) in [4.78, 5) is 10.8. The van der Waals surface area contributed by atoms with Crippen molar-refractivity contribution >= 4 is 28.7 Å². The van der Waals surface area contributed by atoms with Gasteiger partial charge in [-0.2, -0.15) is 0 Å². The summed E-state index contributed by atoms with van der Waals surface area (Å²) < 4.78 is 0. The summed E-state index contributed by atoms with van der Waals surface area (Å²) in [6.07, 6.45) is 1.55. The molecule has 0 spiro atoms. The van der Waals surface area contributed by atoms with E-state index in [1.54, 1.807) is 6.33 Å². The molecule has 0 saturated carbocycles. The van der Waals surface area contributed by atoms with Crippen LogP contribution in [0.2, 0.25) is 0 Å². The summed E-state index contributed by atoms with van der Waals surface area (Å²) in [5, 5.41) is 3.35. The monoisotopic (exact) mass is 333 g/mol. The number of hydrogen-bond acceptors (Lipinski definition) is 5. The number of aryl methyl sites for hydroxylation is 1. The van der Waals surface area contributed by atoms with Crippen LogP contribution in [0, 0.1) is 13.8 Å². The quantitative estimate of drug-likeness (QED) is 0.715. The maximum atomic E-state index is 6.40. The number of nitrogen functional groups attached to an aromatic ring is 1. The molecule has 1 heterocycles. The Balaban J connectivity index is 1.98. The van der Waals surface area contributed by atoms with Crippen LogP contribution in [0.15, 0.2) is 54.9 Å². The molecule has 5 heteroatoms. The van der Waals surface area contributed by atoms with Crippen LogP contribution < -0.4 is 16.0 Å². The third kappa shape index (κ3) is 3.40. The highest BCUT2D eigenvalue weighted by Crippen LogP contribution is 2.33. The zero-order valence-electron chi connectivity index (χ0n) is 14.8. The highest BCUT2D eigenvalue weighted by Gasteiger charge is 2.16. The van der Waals surface area contributed by atoms with Gasteiger partial charge in [0.05, 0.1) is 0 Å². The Bertz CT molecular complexity index is 861. The number of nitrogens with one attached hydrogen (secondary N) is 1. The van der Waals surface area contributed by atoms with Gasteiger partial charge in [-0.3, -0.25) is 0 Å². The Morgan fingerprint density at radius 3 is 2.48 bits per heavy atom. The fourth-order valence-corrected chi connectivity index (χ4v) is 2.78. The van der Waals surface area contributed by atoms with E-state index in [0.717, 1.165) is 17.9 Å². The van der Waals surface area contributed by atoms with Gasteiger partial charge in [-0.05, 0) is 50.1 Å². The van der Waals surface area contributed by atoms with Crippen LogP contribution in [-0.2, 0) is 0 Å². The minimum absolute atomic E-state index is 0.536. The van der Waals surface area contributed by atoms with E-state index in [-0.39, 0.29) is 0 Å². The molecule has 0 radical (unpaired) electrons. The van der Waals surface area contributed by atoms with E-state index in [0.29, 0.717) is 17.3 Å². The molecule has 0 aliphatic carbocycles. The van der Waals surface area contributed by atoms with Crippen molar-refractivity contribution in [2.24, 2.45) is 0 Å². The maximum absolute atomic E-state index is 6.40. The molecule has 0 bridgehead atoms. The molecule has 3 rings (SSSR count). The summed E-state index contributed by atoms with van der Waals surface area (Å²) in [7, 11) is 0. The van der Waals surface area contributed by atoms with E-state index in [1.165, 1.54) is 11.1 Å². The summed E-state index contributed by atoms with van der Waals surface area (Å²) in [6, 6.07) is 16.2. The molecule has 0 aliphatic heterocycles. The van der Waals surface area contributed by atoms with E-state index in [2.05, 4.69) is 47.0 Å². The normalized spacial score (nSPS) is 10.5. The van der Waals surface area contributed by atoms with Crippen LogP contribution in [0.5, 0.6) is 0 Å². The zero-order chi connectivity index (χ0) is 17.8. The van der Waals surface area contributed by atoms with Gasteiger partial charge in [0.25, 0.3) is 0 Å². The Morgan fingerprint density at radius 1 is 1.00 bits per heavy atom. The van der Waals surface area contributed by atoms with Gasteiger partial charge in [0.2, 0.25) is 0 Å². The fraction of sp³-hybridized carbons (Fsp3) is 0.200. The largest absolute Gasteiger partial charge is 0.393 e. The molecule has 0 atom stereocenters. The lowest BCUT2D eigenvalue weighted by atomic mass is 10.1. The lowest BCUT2D eigenvalue weighted by Crippen LogP contribution is -2.19. The third-order valence-electron chi connectivity index (χ3n) is 4.36. The molecular formula is C20H23N5.